The highest BCUT2D eigenvalue weighted by molar-refractivity contribution is 6.08. The van der Waals surface area contributed by atoms with Crippen LogP contribution in [0, 0.1) is 45.3 Å². The minimum Gasteiger partial charge on any atom is -0.469 e. The van der Waals surface area contributed by atoms with Crippen molar-refractivity contribution in [3.8, 4) is 0 Å². The van der Waals surface area contributed by atoms with Crippen LogP contribution in [0.4, 0.5) is 0 Å². The molecule has 0 saturated heterocycles. The van der Waals surface area contributed by atoms with Crippen molar-refractivity contribution in [1.29, 1.82) is 0 Å². The molecular weight excluding hydrogens is 500 g/mol. The number of ketones is 4. The molecule has 0 aliphatic heterocycles. The van der Waals surface area contributed by atoms with Gasteiger partial charge in [-0.25, -0.2) is 0 Å². The predicted octanol–water partition coefficient (Wildman–Crippen LogP) is 3.40. The van der Waals surface area contributed by atoms with Crippen LogP contribution < -0.4 is 0 Å². The molecule has 4 rings (SSSR count). The number of fused-ring (bicyclic) bond motifs is 4. The van der Waals surface area contributed by atoms with Gasteiger partial charge in [0.15, 0.2) is 5.78 Å². The average Bonchev–Trinajstić information content (AvgIpc) is 3.07. The number of rotatable bonds is 6. The predicted molar refractivity (Wildman–Crippen MR) is 142 cm³/mol. The summed E-state index contributed by atoms with van der Waals surface area (Å²) in [6.45, 7) is 12.7. The second-order valence-corrected chi connectivity index (χ2v) is 13.9. The largest absolute Gasteiger partial charge is 0.469 e. The maximum Gasteiger partial charge on any atom is 0.308 e. The SMILES string of the molecule is COC(=O)C(C)CC(=O)CC(C)C1CC(=O)C2(C)C3=C(C(=O)C(O)C12C)C1(C)CCC(=O)C(C)(C)C1CC3O. The molecule has 0 aromatic heterocycles. The van der Waals surface area contributed by atoms with E-state index in [4.69, 9.17) is 4.74 Å². The van der Waals surface area contributed by atoms with Gasteiger partial charge in [-0.1, -0.05) is 41.5 Å². The molecule has 0 aromatic carbocycles. The Balaban J connectivity index is 1.77. The molecule has 39 heavy (non-hydrogen) atoms. The van der Waals surface area contributed by atoms with Crippen LogP contribution in [0.5, 0.6) is 0 Å². The molecule has 2 fully saturated rings. The molecule has 0 amide bonds. The molecule has 0 radical (unpaired) electrons. The summed E-state index contributed by atoms with van der Waals surface area (Å²) in [5.41, 5.74) is -3.28. The zero-order chi connectivity index (χ0) is 29.5. The third kappa shape index (κ3) is 3.87. The molecule has 9 atom stereocenters. The monoisotopic (exact) mass is 544 g/mol. The molecule has 9 unspecified atom stereocenters. The van der Waals surface area contributed by atoms with Crippen LogP contribution in [0.15, 0.2) is 11.1 Å². The summed E-state index contributed by atoms with van der Waals surface area (Å²) in [6.07, 6.45) is -1.42. The van der Waals surface area contributed by atoms with E-state index in [1.807, 2.05) is 27.7 Å². The van der Waals surface area contributed by atoms with E-state index in [0.717, 1.165) is 0 Å². The van der Waals surface area contributed by atoms with Gasteiger partial charge in [-0.2, -0.15) is 0 Å². The lowest BCUT2D eigenvalue weighted by Crippen LogP contribution is -2.64. The van der Waals surface area contributed by atoms with Gasteiger partial charge in [-0.05, 0) is 43.1 Å². The molecule has 8 nitrogen and oxygen atoms in total. The summed E-state index contributed by atoms with van der Waals surface area (Å²) in [4.78, 5) is 65.7. The first-order valence-corrected chi connectivity index (χ1v) is 14.2. The second-order valence-electron chi connectivity index (χ2n) is 13.9. The zero-order valence-electron chi connectivity index (χ0n) is 24.6. The van der Waals surface area contributed by atoms with E-state index in [9.17, 15) is 34.2 Å². The van der Waals surface area contributed by atoms with E-state index in [2.05, 4.69) is 0 Å². The molecule has 4 aliphatic carbocycles. The minimum atomic E-state index is -1.49. The van der Waals surface area contributed by atoms with Crippen molar-refractivity contribution in [3.63, 3.8) is 0 Å². The van der Waals surface area contributed by atoms with Crippen molar-refractivity contribution >= 4 is 29.1 Å². The number of aliphatic hydroxyl groups excluding tert-OH is 2. The number of ether oxygens (including phenoxy) is 1. The van der Waals surface area contributed by atoms with E-state index in [-0.39, 0.29) is 54.9 Å². The van der Waals surface area contributed by atoms with Gasteiger partial charge in [0.2, 0.25) is 0 Å². The van der Waals surface area contributed by atoms with Gasteiger partial charge in [-0.15, -0.1) is 0 Å². The number of hydrogen-bond donors (Lipinski definition) is 2. The zero-order valence-corrected chi connectivity index (χ0v) is 24.6. The fourth-order valence-electron chi connectivity index (χ4n) is 9.14. The fraction of sp³-hybridized carbons (Fsp3) is 0.774. The topological polar surface area (TPSA) is 135 Å². The van der Waals surface area contributed by atoms with Crippen LogP contribution in [0.25, 0.3) is 0 Å². The number of hydrogen-bond acceptors (Lipinski definition) is 8. The second kappa shape index (κ2) is 9.44. The van der Waals surface area contributed by atoms with Crippen molar-refractivity contribution in [3.05, 3.63) is 11.1 Å². The van der Waals surface area contributed by atoms with Crippen LogP contribution in [0.3, 0.4) is 0 Å². The molecule has 0 bridgehead atoms. The lowest BCUT2D eigenvalue weighted by molar-refractivity contribution is -0.158. The van der Waals surface area contributed by atoms with Crippen molar-refractivity contribution in [1.82, 2.24) is 0 Å². The Morgan fingerprint density at radius 3 is 2.21 bits per heavy atom. The van der Waals surface area contributed by atoms with Crippen LogP contribution in [-0.4, -0.2) is 58.6 Å². The van der Waals surface area contributed by atoms with E-state index >= 15 is 0 Å². The highest BCUT2D eigenvalue weighted by Crippen LogP contribution is 2.70. The molecule has 216 valence electrons. The first kappa shape index (κ1) is 29.8. The van der Waals surface area contributed by atoms with Gasteiger partial charge in [0.1, 0.15) is 23.5 Å². The summed E-state index contributed by atoms with van der Waals surface area (Å²) in [5.74, 6) is -2.87. The number of carbonyl (C=O) groups excluding carboxylic acids is 5. The van der Waals surface area contributed by atoms with Gasteiger partial charge in [0, 0.05) is 47.5 Å². The highest BCUT2D eigenvalue weighted by atomic mass is 16.5. The molecule has 0 heterocycles. The van der Waals surface area contributed by atoms with Gasteiger partial charge >= 0.3 is 5.97 Å². The molecule has 2 N–H and O–H groups in total. The molecule has 0 aromatic rings. The minimum absolute atomic E-state index is 0.00934. The van der Waals surface area contributed by atoms with E-state index in [1.54, 1.807) is 20.8 Å². The van der Waals surface area contributed by atoms with Crippen LogP contribution in [0.1, 0.15) is 87.0 Å². The molecule has 8 heteroatoms. The lowest BCUT2D eigenvalue weighted by atomic mass is 9.42. The Morgan fingerprint density at radius 2 is 1.62 bits per heavy atom. The van der Waals surface area contributed by atoms with Crippen molar-refractivity contribution in [2.24, 2.45) is 45.3 Å². The molecule has 4 aliphatic rings. The maximum absolute atomic E-state index is 14.2. The summed E-state index contributed by atoms with van der Waals surface area (Å²) >= 11 is 0. The summed E-state index contributed by atoms with van der Waals surface area (Å²) < 4.78 is 4.73. The van der Waals surface area contributed by atoms with E-state index < -0.39 is 57.5 Å². The lowest BCUT2D eigenvalue weighted by Gasteiger charge is -2.61. The van der Waals surface area contributed by atoms with Gasteiger partial charge in [-0.3, -0.25) is 24.0 Å². The number of carbonyl (C=O) groups is 5. The number of Topliss-reactive ketones (excluding diaryl/α,β-unsaturated/α-hetero) is 4. The maximum atomic E-state index is 14.2. The Kier molecular flexibility index (Phi) is 7.21. The Hall–Kier alpha value is -2.19. The van der Waals surface area contributed by atoms with Crippen LogP contribution in [0.2, 0.25) is 0 Å². The molecule has 2 saturated carbocycles. The quantitative estimate of drug-likeness (QED) is 0.486. The summed E-state index contributed by atoms with van der Waals surface area (Å²) in [7, 11) is 1.27. The Morgan fingerprint density at radius 1 is 1.00 bits per heavy atom. The third-order valence-electron chi connectivity index (χ3n) is 11.6. The third-order valence-corrected chi connectivity index (χ3v) is 11.6. The van der Waals surface area contributed by atoms with E-state index in [1.165, 1.54) is 7.11 Å². The van der Waals surface area contributed by atoms with Crippen LogP contribution >= 0.6 is 0 Å². The van der Waals surface area contributed by atoms with Gasteiger partial charge in [0.05, 0.1) is 24.5 Å². The first-order valence-electron chi connectivity index (χ1n) is 14.2. The summed E-state index contributed by atoms with van der Waals surface area (Å²) in [6, 6.07) is 0. The number of methoxy groups -OCH3 is 1. The highest BCUT2D eigenvalue weighted by Gasteiger charge is 2.73. The molecule has 0 spiro atoms. The molecular formula is C31H44O8. The van der Waals surface area contributed by atoms with E-state index in [0.29, 0.717) is 24.0 Å². The average molecular weight is 545 g/mol. The van der Waals surface area contributed by atoms with Crippen LogP contribution in [-0.2, 0) is 28.7 Å². The van der Waals surface area contributed by atoms with Gasteiger partial charge < -0.3 is 14.9 Å². The smallest absolute Gasteiger partial charge is 0.308 e. The standard InChI is InChI=1S/C31H44O8/c1-15(11-17(32)12-16(2)27(38)39-8)18-13-22(35)31(7)23-19(33)14-20-28(3,4)21(34)9-10-29(20,5)24(23)25(36)26(37)30(18,31)6/h15-16,18-20,26,33,37H,9-14H2,1-8H3. The van der Waals surface area contributed by atoms with Crippen molar-refractivity contribution in [2.75, 3.05) is 7.11 Å². The number of aliphatic hydroxyl groups is 2. The van der Waals surface area contributed by atoms with Crippen molar-refractivity contribution in [2.45, 2.75) is 99.2 Å². The number of esters is 1. The van der Waals surface area contributed by atoms with Gasteiger partial charge in [0.25, 0.3) is 0 Å². The Labute approximate surface area is 230 Å². The van der Waals surface area contributed by atoms with Crippen molar-refractivity contribution < 1.29 is 38.9 Å². The Bertz CT molecular complexity index is 1170. The normalized spacial score (nSPS) is 40.9. The summed E-state index contributed by atoms with van der Waals surface area (Å²) in [5, 5.41) is 23.4. The first-order chi connectivity index (χ1) is 17.9. The fourth-order valence-corrected chi connectivity index (χ4v) is 9.14.